The summed E-state index contributed by atoms with van der Waals surface area (Å²) in [5.41, 5.74) is 1.25. The monoisotopic (exact) mass is 372 g/mol. The molecule has 2 atom stereocenters. The average molecular weight is 372 g/mol. The van der Waals surface area contributed by atoms with Crippen LogP contribution in [-0.4, -0.2) is 42.6 Å². The number of likely N-dealkylation sites (tertiary alicyclic amines) is 1. The Kier molecular flexibility index (Phi) is 4.93. The smallest absolute Gasteiger partial charge is 0.222 e. The number of carbonyl (C=O) groups excluding carboxylic acids is 1. The number of rotatable bonds is 3. The summed E-state index contributed by atoms with van der Waals surface area (Å²) in [5.74, 6) is -0.688. The minimum absolute atomic E-state index is 0.0439. The lowest BCUT2D eigenvalue weighted by atomic mass is 9.82. The van der Waals surface area contributed by atoms with E-state index in [-0.39, 0.29) is 23.5 Å². The second kappa shape index (κ2) is 7.37. The molecular weight excluding hydrogens is 350 g/mol. The zero-order chi connectivity index (χ0) is 18.9. The van der Waals surface area contributed by atoms with Crippen molar-refractivity contribution in [3.05, 3.63) is 71.3 Å². The molecule has 1 spiro atoms. The van der Waals surface area contributed by atoms with Crippen molar-refractivity contribution in [2.45, 2.75) is 24.4 Å². The lowest BCUT2D eigenvalue weighted by Crippen LogP contribution is -2.55. The molecule has 4 nitrogen and oxygen atoms in total. The number of hydrogen-bond acceptors (Lipinski definition) is 3. The van der Waals surface area contributed by atoms with Crippen LogP contribution in [0.25, 0.3) is 0 Å². The summed E-state index contributed by atoms with van der Waals surface area (Å²) in [6, 6.07) is 13.0. The van der Waals surface area contributed by atoms with Gasteiger partial charge in [0.25, 0.3) is 0 Å². The summed E-state index contributed by atoms with van der Waals surface area (Å²) in [6.45, 7) is 2.66. The molecule has 2 saturated heterocycles. The topological polar surface area (TPSA) is 41.6 Å². The molecule has 2 aliphatic rings. The molecular formula is C21H22F2N2O2. The molecule has 0 bridgehead atoms. The molecule has 0 saturated carbocycles. The van der Waals surface area contributed by atoms with Crippen LogP contribution < -0.4 is 5.32 Å². The summed E-state index contributed by atoms with van der Waals surface area (Å²) >= 11 is 0. The second-order valence-electron chi connectivity index (χ2n) is 7.41. The number of nitrogens with zero attached hydrogens (tertiary/aromatic N) is 1. The maximum atomic E-state index is 13.8. The highest BCUT2D eigenvalue weighted by molar-refractivity contribution is 5.77. The molecule has 1 amide bonds. The highest BCUT2D eigenvalue weighted by Crippen LogP contribution is 2.38. The molecule has 0 aromatic heterocycles. The Morgan fingerprint density at radius 1 is 1.15 bits per heavy atom. The molecule has 2 fully saturated rings. The minimum atomic E-state index is -0.596. The van der Waals surface area contributed by atoms with Crippen molar-refractivity contribution >= 4 is 5.91 Å². The van der Waals surface area contributed by atoms with Gasteiger partial charge >= 0.3 is 0 Å². The number of halogens is 2. The Balaban J connectivity index is 1.63. The molecule has 2 heterocycles. The number of ether oxygens (including phenoxy) is 1. The summed E-state index contributed by atoms with van der Waals surface area (Å²) < 4.78 is 32.8. The van der Waals surface area contributed by atoms with E-state index in [0.29, 0.717) is 39.3 Å². The Hall–Kier alpha value is -2.31. The van der Waals surface area contributed by atoms with Gasteiger partial charge in [-0.25, -0.2) is 8.78 Å². The minimum Gasteiger partial charge on any atom is -0.378 e. The van der Waals surface area contributed by atoms with Crippen molar-refractivity contribution in [2.75, 3.05) is 26.3 Å². The van der Waals surface area contributed by atoms with Gasteiger partial charge in [0.05, 0.1) is 18.8 Å². The fraction of sp³-hybridized carbons (Fsp3) is 0.381. The molecule has 2 aromatic carbocycles. The van der Waals surface area contributed by atoms with Crippen molar-refractivity contribution in [2.24, 2.45) is 0 Å². The first-order valence-electron chi connectivity index (χ1n) is 9.15. The van der Waals surface area contributed by atoms with Crippen LogP contribution in [0.15, 0.2) is 48.5 Å². The maximum absolute atomic E-state index is 13.8. The predicted octanol–water partition coefficient (Wildman–Crippen LogP) is 2.84. The predicted molar refractivity (Wildman–Crippen MR) is 97.1 cm³/mol. The molecule has 142 valence electrons. The van der Waals surface area contributed by atoms with E-state index in [1.807, 2.05) is 6.07 Å². The summed E-state index contributed by atoms with van der Waals surface area (Å²) in [6.07, 6.45) is 0.329. The van der Waals surface area contributed by atoms with Crippen molar-refractivity contribution in [1.29, 1.82) is 0 Å². The van der Waals surface area contributed by atoms with E-state index in [4.69, 9.17) is 4.74 Å². The van der Waals surface area contributed by atoms with Gasteiger partial charge in [0.2, 0.25) is 5.91 Å². The molecule has 2 aliphatic heterocycles. The number of hydrogen-bond donors (Lipinski definition) is 1. The highest BCUT2D eigenvalue weighted by atomic mass is 19.1. The van der Waals surface area contributed by atoms with Crippen LogP contribution in [0.5, 0.6) is 0 Å². The Bertz CT molecular complexity index is 827. The fourth-order valence-electron chi connectivity index (χ4n) is 4.19. The van der Waals surface area contributed by atoms with E-state index in [1.165, 1.54) is 24.3 Å². The molecule has 0 radical (unpaired) electrons. The average Bonchev–Trinajstić information content (AvgIpc) is 2.86. The lowest BCUT2D eigenvalue weighted by Gasteiger charge is -2.34. The molecule has 4 rings (SSSR count). The third-order valence-corrected chi connectivity index (χ3v) is 5.41. The van der Waals surface area contributed by atoms with Crippen molar-refractivity contribution in [3.63, 3.8) is 0 Å². The van der Waals surface area contributed by atoms with E-state index in [2.05, 4.69) is 10.2 Å². The summed E-state index contributed by atoms with van der Waals surface area (Å²) in [7, 11) is 0. The summed E-state index contributed by atoms with van der Waals surface area (Å²) in [5, 5.41) is 3.16. The van der Waals surface area contributed by atoms with Gasteiger partial charge < -0.3 is 10.1 Å². The van der Waals surface area contributed by atoms with E-state index >= 15 is 0 Å². The standard InChI is InChI=1S/C21H22F2N2O2/c22-17-6-4-15(5-7-17)11-25-12-19(16-2-1-3-18(23)10-16)21(13-25)14-27-9-8-20(26)24-21/h1-7,10,19H,8-9,11-14H2,(H,24,26)/t19-,21-/m0/s1. The zero-order valence-electron chi connectivity index (χ0n) is 15.0. The van der Waals surface area contributed by atoms with Gasteiger partial charge in [0, 0.05) is 32.0 Å². The van der Waals surface area contributed by atoms with E-state index in [0.717, 1.165) is 11.1 Å². The molecule has 2 aromatic rings. The fourth-order valence-corrected chi connectivity index (χ4v) is 4.19. The van der Waals surface area contributed by atoms with Crippen LogP contribution in [0.4, 0.5) is 8.78 Å². The Morgan fingerprint density at radius 2 is 1.96 bits per heavy atom. The van der Waals surface area contributed by atoms with Crippen LogP contribution in [-0.2, 0) is 16.1 Å². The number of carbonyl (C=O) groups is 1. The maximum Gasteiger partial charge on any atom is 0.222 e. The van der Waals surface area contributed by atoms with Crippen LogP contribution in [0.2, 0.25) is 0 Å². The molecule has 6 heteroatoms. The van der Waals surface area contributed by atoms with E-state index < -0.39 is 5.54 Å². The van der Waals surface area contributed by atoms with E-state index in [9.17, 15) is 13.6 Å². The van der Waals surface area contributed by atoms with Crippen LogP contribution >= 0.6 is 0 Å². The number of nitrogens with one attached hydrogen (secondary N) is 1. The molecule has 0 aliphatic carbocycles. The molecule has 1 N–H and O–H groups in total. The normalized spacial score (nSPS) is 26.1. The quantitative estimate of drug-likeness (QED) is 0.901. The van der Waals surface area contributed by atoms with Crippen molar-refractivity contribution < 1.29 is 18.3 Å². The number of amides is 1. The van der Waals surface area contributed by atoms with Gasteiger partial charge in [-0.2, -0.15) is 0 Å². The Labute approximate surface area is 157 Å². The Morgan fingerprint density at radius 3 is 2.74 bits per heavy atom. The van der Waals surface area contributed by atoms with Crippen LogP contribution in [0.1, 0.15) is 23.5 Å². The molecule has 27 heavy (non-hydrogen) atoms. The van der Waals surface area contributed by atoms with Gasteiger partial charge in [-0.1, -0.05) is 24.3 Å². The largest absolute Gasteiger partial charge is 0.378 e. The SMILES string of the molecule is O=C1CCOC[C@]2(CN(Cc3ccc(F)cc3)C[C@H]2c2cccc(F)c2)N1. The number of benzene rings is 2. The van der Waals surface area contributed by atoms with Gasteiger partial charge in [-0.3, -0.25) is 9.69 Å². The highest BCUT2D eigenvalue weighted by Gasteiger charge is 2.49. The third-order valence-electron chi connectivity index (χ3n) is 5.41. The lowest BCUT2D eigenvalue weighted by molar-refractivity contribution is -0.122. The van der Waals surface area contributed by atoms with Crippen molar-refractivity contribution in [3.8, 4) is 0 Å². The second-order valence-corrected chi connectivity index (χ2v) is 7.41. The third kappa shape index (κ3) is 3.87. The van der Waals surface area contributed by atoms with E-state index in [1.54, 1.807) is 18.2 Å². The van der Waals surface area contributed by atoms with Crippen LogP contribution in [0, 0.1) is 11.6 Å². The van der Waals surface area contributed by atoms with Gasteiger partial charge in [0.15, 0.2) is 0 Å². The summed E-state index contributed by atoms with van der Waals surface area (Å²) in [4.78, 5) is 14.5. The first-order chi connectivity index (χ1) is 13.0. The van der Waals surface area contributed by atoms with Gasteiger partial charge in [-0.15, -0.1) is 0 Å². The van der Waals surface area contributed by atoms with Gasteiger partial charge in [0.1, 0.15) is 11.6 Å². The van der Waals surface area contributed by atoms with Gasteiger partial charge in [-0.05, 0) is 35.4 Å². The zero-order valence-corrected chi connectivity index (χ0v) is 15.0. The van der Waals surface area contributed by atoms with Crippen molar-refractivity contribution in [1.82, 2.24) is 10.2 Å². The first-order valence-corrected chi connectivity index (χ1v) is 9.15. The first kappa shape index (κ1) is 18.1. The molecule has 0 unspecified atom stereocenters. The van der Waals surface area contributed by atoms with Crippen LogP contribution in [0.3, 0.4) is 0 Å².